The van der Waals surface area contributed by atoms with Crippen molar-refractivity contribution in [1.29, 1.82) is 0 Å². The van der Waals surface area contributed by atoms with E-state index in [1.807, 2.05) is 45.0 Å². The number of amides is 1. The van der Waals surface area contributed by atoms with Crippen LogP contribution in [-0.4, -0.2) is 21.6 Å². The van der Waals surface area contributed by atoms with Crippen LogP contribution in [0.3, 0.4) is 0 Å². The van der Waals surface area contributed by atoms with E-state index in [4.69, 9.17) is 0 Å². The molecule has 0 fully saturated rings. The van der Waals surface area contributed by atoms with Crippen LogP contribution in [0.1, 0.15) is 33.4 Å². The first-order chi connectivity index (χ1) is 9.38. The predicted octanol–water partition coefficient (Wildman–Crippen LogP) is 2.52. The van der Waals surface area contributed by atoms with Gasteiger partial charge in [0.15, 0.2) is 0 Å². The Morgan fingerprint density at radius 3 is 2.50 bits per heavy atom. The summed E-state index contributed by atoms with van der Waals surface area (Å²) in [6, 6.07) is 7.63. The van der Waals surface area contributed by atoms with E-state index in [2.05, 4.69) is 20.5 Å². The van der Waals surface area contributed by atoms with Gasteiger partial charge in [0, 0.05) is 5.41 Å². The average molecular weight is 270 g/mol. The van der Waals surface area contributed by atoms with Crippen molar-refractivity contribution < 1.29 is 4.79 Å². The van der Waals surface area contributed by atoms with Crippen LogP contribution in [0.4, 0.5) is 0 Å². The Hall–Kier alpha value is -2.30. The molecule has 0 radical (unpaired) electrons. The summed E-state index contributed by atoms with van der Waals surface area (Å²) in [4.78, 5) is 20.6. The van der Waals surface area contributed by atoms with E-state index >= 15 is 0 Å². The summed E-state index contributed by atoms with van der Waals surface area (Å²) in [6.45, 7) is 7.30. The lowest BCUT2D eigenvalue weighted by Gasteiger charge is -2.15. The molecule has 0 atom stereocenters. The number of hydrogen-bond acceptors (Lipinski definition) is 4. The summed E-state index contributed by atoms with van der Waals surface area (Å²) in [7, 11) is 0. The van der Waals surface area contributed by atoms with E-state index in [0.717, 1.165) is 11.0 Å². The van der Waals surface area contributed by atoms with E-state index in [1.165, 1.54) is 0 Å². The van der Waals surface area contributed by atoms with Gasteiger partial charge in [-0.25, -0.2) is 10.4 Å². The van der Waals surface area contributed by atoms with Gasteiger partial charge in [0.2, 0.25) is 5.91 Å². The van der Waals surface area contributed by atoms with Crippen molar-refractivity contribution in [1.82, 2.24) is 15.4 Å². The Bertz CT molecular complexity index is 671. The number of hydrogen-bond donors (Lipinski definition) is 1. The van der Waals surface area contributed by atoms with Gasteiger partial charge in [-0.2, -0.15) is 5.10 Å². The number of nitrogens with one attached hydrogen (secondary N) is 1. The first-order valence-corrected chi connectivity index (χ1v) is 6.45. The number of fused-ring (bicyclic) bond motifs is 1. The van der Waals surface area contributed by atoms with Crippen molar-refractivity contribution >= 4 is 22.7 Å². The molecule has 0 saturated heterocycles. The topological polar surface area (TPSA) is 67.2 Å². The third-order valence-corrected chi connectivity index (χ3v) is 2.83. The smallest absolute Gasteiger partial charge is 0.245 e. The number of carbonyl (C=O) groups excluding carboxylic acids is 1. The number of para-hydroxylation sites is 2. The molecule has 1 amide bonds. The maximum Gasteiger partial charge on any atom is 0.245 e. The number of benzene rings is 1. The van der Waals surface area contributed by atoms with Gasteiger partial charge in [0.1, 0.15) is 5.69 Å². The van der Waals surface area contributed by atoms with Crippen molar-refractivity contribution in [3.05, 3.63) is 36.2 Å². The highest BCUT2D eigenvalue weighted by Crippen LogP contribution is 2.12. The standard InChI is InChI=1S/C15H18N4O/c1-10(18-19-14(20)15(2,3)4)13-9-16-11-7-5-6-8-12(11)17-13/h5-9H,1-4H3,(H,19,20)/b18-10+. The van der Waals surface area contributed by atoms with Crippen molar-refractivity contribution in [2.24, 2.45) is 10.5 Å². The second-order valence-corrected chi connectivity index (χ2v) is 5.63. The minimum absolute atomic E-state index is 0.134. The molecule has 5 nitrogen and oxygen atoms in total. The Balaban J connectivity index is 2.22. The first kappa shape index (κ1) is 14.1. The van der Waals surface area contributed by atoms with Crippen LogP contribution in [0, 0.1) is 5.41 Å². The van der Waals surface area contributed by atoms with Gasteiger partial charge >= 0.3 is 0 Å². The Kier molecular flexibility index (Phi) is 3.79. The van der Waals surface area contributed by atoms with Crippen LogP contribution in [-0.2, 0) is 4.79 Å². The molecule has 1 aromatic carbocycles. The lowest BCUT2D eigenvalue weighted by atomic mass is 9.96. The average Bonchev–Trinajstić information content (AvgIpc) is 2.42. The highest BCUT2D eigenvalue weighted by Gasteiger charge is 2.20. The molecule has 0 aliphatic carbocycles. The quantitative estimate of drug-likeness (QED) is 0.673. The molecule has 2 rings (SSSR count). The summed E-state index contributed by atoms with van der Waals surface area (Å²) in [5.41, 5.74) is 5.00. The van der Waals surface area contributed by atoms with Crippen LogP contribution < -0.4 is 5.43 Å². The van der Waals surface area contributed by atoms with Gasteiger partial charge in [0.25, 0.3) is 0 Å². The zero-order valence-electron chi connectivity index (χ0n) is 12.1. The van der Waals surface area contributed by atoms with E-state index in [0.29, 0.717) is 11.4 Å². The molecule has 0 saturated carbocycles. The second kappa shape index (κ2) is 5.36. The lowest BCUT2D eigenvalue weighted by Crippen LogP contribution is -2.32. The number of rotatable bonds is 2. The summed E-state index contributed by atoms with van der Waals surface area (Å²) >= 11 is 0. The van der Waals surface area contributed by atoms with Gasteiger partial charge in [0.05, 0.1) is 22.9 Å². The fourth-order valence-corrected chi connectivity index (χ4v) is 1.49. The molecule has 0 aliphatic heterocycles. The van der Waals surface area contributed by atoms with Crippen LogP contribution in [0.25, 0.3) is 11.0 Å². The second-order valence-electron chi connectivity index (χ2n) is 5.63. The van der Waals surface area contributed by atoms with Crippen LogP contribution >= 0.6 is 0 Å². The minimum Gasteiger partial charge on any atom is -0.273 e. The van der Waals surface area contributed by atoms with E-state index in [1.54, 1.807) is 13.1 Å². The van der Waals surface area contributed by atoms with Gasteiger partial charge < -0.3 is 0 Å². The maximum absolute atomic E-state index is 11.8. The molecule has 0 aliphatic rings. The molecule has 20 heavy (non-hydrogen) atoms. The number of aromatic nitrogens is 2. The van der Waals surface area contributed by atoms with Gasteiger partial charge in [-0.15, -0.1) is 0 Å². The molecule has 1 heterocycles. The Morgan fingerprint density at radius 1 is 1.20 bits per heavy atom. The summed E-state index contributed by atoms with van der Waals surface area (Å²) in [6.07, 6.45) is 1.66. The van der Waals surface area contributed by atoms with Crippen LogP contribution in [0.15, 0.2) is 35.6 Å². The molecular formula is C15H18N4O. The molecule has 0 unspecified atom stereocenters. The molecule has 5 heteroatoms. The Labute approximate surface area is 118 Å². The highest BCUT2D eigenvalue weighted by atomic mass is 16.2. The van der Waals surface area contributed by atoms with Gasteiger partial charge in [-0.05, 0) is 19.1 Å². The summed E-state index contributed by atoms with van der Waals surface area (Å²) in [5, 5.41) is 4.08. The number of carbonyl (C=O) groups is 1. The largest absolute Gasteiger partial charge is 0.273 e. The van der Waals surface area contributed by atoms with Crippen LogP contribution in [0.2, 0.25) is 0 Å². The van der Waals surface area contributed by atoms with Crippen molar-refractivity contribution in [2.75, 3.05) is 0 Å². The fourth-order valence-electron chi connectivity index (χ4n) is 1.49. The van der Waals surface area contributed by atoms with E-state index < -0.39 is 5.41 Å². The maximum atomic E-state index is 11.8. The zero-order valence-corrected chi connectivity index (χ0v) is 12.1. The lowest BCUT2D eigenvalue weighted by molar-refractivity contribution is -0.128. The molecule has 1 N–H and O–H groups in total. The molecule has 104 valence electrons. The molecule has 0 bridgehead atoms. The van der Waals surface area contributed by atoms with Gasteiger partial charge in [-0.1, -0.05) is 32.9 Å². The van der Waals surface area contributed by atoms with Gasteiger partial charge in [-0.3, -0.25) is 9.78 Å². The fraction of sp³-hybridized carbons (Fsp3) is 0.333. The van der Waals surface area contributed by atoms with Crippen molar-refractivity contribution in [3.8, 4) is 0 Å². The molecule has 0 spiro atoms. The Morgan fingerprint density at radius 2 is 1.85 bits per heavy atom. The molecular weight excluding hydrogens is 252 g/mol. The normalized spacial score (nSPS) is 12.5. The monoisotopic (exact) mass is 270 g/mol. The summed E-state index contributed by atoms with van der Waals surface area (Å²) in [5.74, 6) is -0.134. The number of hydrazone groups is 1. The molecule has 1 aromatic heterocycles. The SMILES string of the molecule is C/C(=N\NC(=O)C(C)(C)C)c1cnc2ccccc2n1. The summed E-state index contributed by atoms with van der Waals surface area (Å²) < 4.78 is 0. The third kappa shape index (κ3) is 3.17. The predicted molar refractivity (Wildman–Crippen MR) is 79.3 cm³/mol. The first-order valence-electron chi connectivity index (χ1n) is 6.45. The van der Waals surface area contributed by atoms with E-state index in [9.17, 15) is 4.79 Å². The number of nitrogens with zero attached hydrogens (tertiary/aromatic N) is 3. The molecule has 2 aromatic rings. The minimum atomic E-state index is -0.473. The highest BCUT2D eigenvalue weighted by molar-refractivity contribution is 5.98. The van der Waals surface area contributed by atoms with Crippen molar-refractivity contribution in [3.63, 3.8) is 0 Å². The zero-order chi connectivity index (χ0) is 14.8. The van der Waals surface area contributed by atoms with Crippen molar-refractivity contribution in [2.45, 2.75) is 27.7 Å². The van der Waals surface area contributed by atoms with Crippen LogP contribution in [0.5, 0.6) is 0 Å². The van der Waals surface area contributed by atoms with E-state index in [-0.39, 0.29) is 5.91 Å². The third-order valence-electron chi connectivity index (χ3n) is 2.83.